The molecule has 5 nitrogen and oxygen atoms in total. The topological polar surface area (TPSA) is 71.4 Å². The van der Waals surface area contributed by atoms with Crippen molar-refractivity contribution in [2.45, 2.75) is 89.7 Å². The molecule has 1 aliphatic rings. The molecule has 1 aliphatic heterocycles. The van der Waals surface area contributed by atoms with Gasteiger partial charge in [0, 0.05) is 24.2 Å². The van der Waals surface area contributed by atoms with Crippen molar-refractivity contribution in [2.75, 3.05) is 4.72 Å². The molecule has 4 rings (SSSR count). The number of pyridine rings is 1. The highest BCUT2D eigenvalue weighted by Gasteiger charge is 2.46. The Bertz CT molecular complexity index is 1380. The van der Waals surface area contributed by atoms with Crippen LogP contribution in [0.5, 0.6) is 0 Å². The summed E-state index contributed by atoms with van der Waals surface area (Å²) in [5, 5.41) is 14.6. The Morgan fingerprint density at radius 3 is 2.44 bits per heavy atom. The first kappa shape index (κ1) is 30.6. The van der Waals surface area contributed by atoms with Gasteiger partial charge in [0.15, 0.2) is 0 Å². The van der Waals surface area contributed by atoms with Gasteiger partial charge in [0.25, 0.3) is 0 Å². The summed E-state index contributed by atoms with van der Waals surface area (Å²) in [5.41, 5.74) is 4.01. The van der Waals surface area contributed by atoms with Gasteiger partial charge in [-0.1, -0.05) is 76.2 Å². The fraction of sp³-hybridized carbons (Fsp3) is 0.400. The molecule has 0 aliphatic carbocycles. The van der Waals surface area contributed by atoms with Crippen LogP contribution < -0.4 is 4.72 Å². The number of nitrogens with zero attached hydrogens (tertiary/aromatic N) is 1. The number of nitrogens with one attached hydrogen (secondary N) is 1. The van der Waals surface area contributed by atoms with Crippen molar-refractivity contribution in [3.8, 4) is 0 Å². The average Bonchev–Trinajstić information content (AvgIpc) is 3.01. The fourth-order valence-corrected chi connectivity index (χ4v) is 6.91. The van der Waals surface area contributed by atoms with Crippen molar-refractivity contribution in [2.24, 2.45) is 5.92 Å². The zero-order chi connectivity index (χ0) is 29.4. The zero-order valence-corrected chi connectivity index (χ0v) is 25.8. The molecule has 0 radical (unpaired) electrons. The largest absolute Gasteiger partial charge is 0.512 e. The van der Waals surface area contributed by atoms with Crippen LogP contribution in [0.3, 0.4) is 0 Å². The summed E-state index contributed by atoms with van der Waals surface area (Å²) in [7, 11) is -0.372. The number of aliphatic hydroxyl groups excluding tert-OH is 1. The van der Waals surface area contributed by atoms with Gasteiger partial charge >= 0.3 is 5.97 Å². The van der Waals surface area contributed by atoms with Gasteiger partial charge in [-0.3, -0.25) is 0 Å². The van der Waals surface area contributed by atoms with Crippen LogP contribution in [0.1, 0.15) is 82.9 Å². The van der Waals surface area contributed by atoms with Gasteiger partial charge in [-0.2, -0.15) is 0 Å². The average molecular weight is 573 g/mol. The molecule has 3 aromatic rings. The number of hydrogen-bond acceptors (Lipinski definition) is 5. The van der Waals surface area contributed by atoms with Gasteiger partial charge in [0.05, 0.1) is 5.57 Å². The van der Waals surface area contributed by atoms with Crippen molar-refractivity contribution in [1.82, 2.24) is 4.98 Å². The first-order chi connectivity index (χ1) is 19.8. The Hall–Kier alpha value is -3.38. The number of cyclic esters (lactones) is 1. The molecule has 41 heavy (non-hydrogen) atoms. The zero-order valence-electron chi connectivity index (χ0n) is 25.0. The third-order valence-electron chi connectivity index (χ3n) is 8.42. The number of rotatable bonds is 12. The van der Waals surface area contributed by atoms with Gasteiger partial charge in [0.1, 0.15) is 16.4 Å². The summed E-state index contributed by atoms with van der Waals surface area (Å²) in [6.45, 7) is 10.4. The van der Waals surface area contributed by atoms with Crippen LogP contribution in [-0.4, -0.2) is 27.0 Å². The van der Waals surface area contributed by atoms with E-state index in [0.29, 0.717) is 24.8 Å². The monoisotopic (exact) mass is 572 g/mol. The van der Waals surface area contributed by atoms with Crippen molar-refractivity contribution in [1.29, 1.82) is 0 Å². The number of aryl methyl sites for hydroxylation is 2. The molecular weight excluding hydrogens is 528 g/mol. The molecule has 4 atom stereocenters. The molecule has 0 bridgehead atoms. The van der Waals surface area contributed by atoms with Crippen LogP contribution in [0.2, 0.25) is 0 Å². The number of ether oxygens (including phenoxy) is 1. The first-order valence-corrected chi connectivity index (χ1v) is 16.2. The van der Waals surface area contributed by atoms with E-state index in [2.05, 4.69) is 66.2 Å². The van der Waals surface area contributed by atoms with E-state index in [0.717, 1.165) is 35.5 Å². The van der Waals surface area contributed by atoms with Crippen LogP contribution in [0.4, 0.5) is 5.69 Å². The van der Waals surface area contributed by atoms with E-state index >= 15 is 0 Å². The first-order valence-electron chi connectivity index (χ1n) is 14.9. The minimum atomic E-state index is -0.720. The molecule has 1 aromatic heterocycles. The summed E-state index contributed by atoms with van der Waals surface area (Å²) in [4.78, 5) is 18.4. The van der Waals surface area contributed by atoms with Crippen LogP contribution in [0, 0.1) is 5.92 Å². The fourth-order valence-electron chi connectivity index (χ4n) is 5.68. The number of benzene rings is 2. The molecular formula is C35H44N2O3S. The SMILES string of the molecule is CC=S(Nc1cccc([C@@H](CC)C2=C(O)C[C@](CCc3ccccc3)(C(C)CC)OC2=O)c1)c1ccc(CC)cn1. The molecule has 2 aromatic carbocycles. The van der Waals surface area contributed by atoms with E-state index in [1.165, 1.54) is 11.1 Å². The van der Waals surface area contributed by atoms with Crippen molar-refractivity contribution < 1.29 is 14.6 Å². The molecule has 6 heteroatoms. The van der Waals surface area contributed by atoms with Crippen LogP contribution in [0.25, 0.3) is 0 Å². The molecule has 2 unspecified atom stereocenters. The van der Waals surface area contributed by atoms with Gasteiger partial charge in [0.2, 0.25) is 0 Å². The molecule has 2 N–H and O–H groups in total. The Morgan fingerprint density at radius 2 is 1.83 bits per heavy atom. The summed E-state index contributed by atoms with van der Waals surface area (Å²) >= 11 is 0. The summed E-state index contributed by atoms with van der Waals surface area (Å²) in [6.07, 6.45) is 6.24. The molecule has 0 saturated carbocycles. The van der Waals surface area contributed by atoms with E-state index in [4.69, 9.17) is 4.74 Å². The second-order valence-corrected chi connectivity index (χ2v) is 12.7. The van der Waals surface area contributed by atoms with Gasteiger partial charge in [-0.25, -0.2) is 9.78 Å². The normalized spacial score (nSPS) is 19.5. The number of carbonyl (C=O) groups excluding carboxylic acids is 1. The molecule has 0 saturated heterocycles. The lowest BCUT2D eigenvalue weighted by molar-refractivity contribution is -0.167. The minimum absolute atomic E-state index is 0.120. The lowest BCUT2D eigenvalue weighted by Gasteiger charge is -2.42. The summed E-state index contributed by atoms with van der Waals surface area (Å²) in [5.74, 6) is -0.367. The van der Waals surface area contributed by atoms with Gasteiger partial charge < -0.3 is 14.6 Å². The Labute approximate surface area is 248 Å². The lowest BCUT2D eigenvalue weighted by atomic mass is 9.75. The van der Waals surface area contributed by atoms with Crippen LogP contribution in [0.15, 0.2) is 89.3 Å². The number of anilines is 1. The van der Waals surface area contributed by atoms with Crippen molar-refractivity contribution in [3.63, 3.8) is 0 Å². The van der Waals surface area contributed by atoms with Crippen molar-refractivity contribution in [3.05, 3.63) is 101 Å². The van der Waals surface area contributed by atoms with E-state index in [-0.39, 0.29) is 28.3 Å². The lowest BCUT2D eigenvalue weighted by Crippen LogP contribution is -2.46. The third kappa shape index (κ3) is 7.10. The Kier molecular flexibility index (Phi) is 10.4. The van der Waals surface area contributed by atoms with Gasteiger partial charge in [-0.05, 0) is 95.9 Å². The highest BCUT2D eigenvalue weighted by atomic mass is 32.2. The quantitative estimate of drug-likeness (QED) is 0.168. The highest BCUT2D eigenvalue weighted by Crippen LogP contribution is 2.44. The van der Waals surface area contributed by atoms with Crippen LogP contribution >= 0.6 is 10.7 Å². The number of aliphatic hydroxyl groups is 1. The molecule has 0 fully saturated rings. The number of esters is 1. The summed E-state index contributed by atoms with van der Waals surface area (Å²) < 4.78 is 9.95. The van der Waals surface area contributed by atoms with E-state index in [9.17, 15) is 9.90 Å². The van der Waals surface area contributed by atoms with E-state index in [1.54, 1.807) is 0 Å². The standard InChI is InChI=1S/C35H44N2O3S/c1-6-25(5)35(21-20-27-14-11-10-12-15-27)23-31(38)33(34(39)40-35)30(8-3)28-16-13-17-29(22-28)37-41(9-4)32-19-18-26(7-2)24-36-32/h9-19,22,24-25,30,37-38H,6-8,20-21,23H2,1-5H3/t25?,30-,35-,41?/m1/s1. The Morgan fingerprint density at radius 1 is 1.05 bits per heavy atom. The smallest absolute Gasteiger partial charge is 0.338 e. The maximum atomic E-state index is 13.7. The number of hydrogen-bond donors (Lipinski definition) is 2. The number of carbonyl (C=O) groups is 1. The molecule has 0 spiro atoms. The number of aromatic nitrogens is 1. The second-order valence-electron chi connectivity index (χ2n) is 10.9. The van der Waals surface area contributed by atoms with E-state index < -0.39 is 11.6 Å². The van der Waals surface area contributed by atoms with Crippen LogP contribution in [-0.2, 0) is 22.4 Å². The molecule has 218 valence electrons. The van der Waals surface area contributed by atoms with E-state index in [1.807, 2.05) is 56.4 Å². The predicted molar refractivity (Wildman–Crippen MR) is 172 cm³/mol. The van der Waals surface area contributed by atoms with Crippen molar-refractivity contribution >= 4 is 27.7 Å². The highest BCUT2D eigenvalue weighted by molar-refractivity contribution is 8.16. The second kappa shape index (κ2) is 14.0. The predicted octanol–water partition coefficient (Wildman–Crippen LogP) is 8.79. The molecule has 0 amide bonds. The Balaban J connectivity index is 1.59. The molecule has 2 heterocycles. The minimum Gasteiger partial charge on any atom is -0.512 e. The maximum Gasteiger partial charge on any atom is 0.338 e. The summed E-state index contributed by atoms with van der Waals surface area (Å²) in [6, 6.07) is 22.6. The maximum absolute atomic E-state index is 13.7. The third-order valence-corrected chi connectivity index (χ3v) is 10.0. The van der Waals surface area contributed by atoms with Gasteiger partial charge in [-0.15, -0.1) is 0 Å².